The van der Waals surface area contributed by atoms with Gasteiger partial charge in [0.15, 0.2) is 5.78 Å². The smallest absolute Gasteiger partial charge is 0.220 e. The fourth-order valence-corrected chi connectivity index (χ4v) is 2.55. The minimum absolute atomic E-state index is 0.00380. The Balaban J connectivity index is 1.84. The lowest BCUT2D eigenvalue weighted by atomic mass is 9.99. The molecule has 0 aliphatic heterocycles. The van der Waals surface area contributed by atoms with Gasteiger partial charge in [0, 0.05) is 30.0 Å². The second-order valence-electron chi connectivity index (χ2n) is 5.65. The predicted octanol–water partition coefficient (Wildman–Crippen LogP) is 4.24. The molecule has 3 nitrogen and oxygen atoms in total. The maximum Gasteiger partial charge on any atom is 0.220 e. The Bertz CT molecular complexity index is 725. The first-order valence-corrected chi connectivity index (χ1v) is 7.95. The summed E-state index contributed by atoms with van der Waals surface area (Å²) in [5, 5.41) is 3.45. The predicted molar refractivity (Wildman–Crippen MR) is 92.8 cm³/mol. The molecule has 2 rings (SSSR count). The zero-order valence-corrected chi connectivity index (χ0v) is 14.1. The van der Waals surface area contributed by atoms with Gasteiger partial charge < -0.3 is 5.32 Å². The van der Waals surface area contributed by atoms with E-state index >= 15 is 0 Å². The standard InChI is InChI=1S/C19H20ClNO2/c1-13-6-7-14(2)17(10-13)18(22)8-9-19(23)21-12-15-4-3-5-16(20)11-15/h3-7,10-11H,8-9,12H2,1-2H3,(H,21,23). The molecule has 2 aromatic carbocycles. The van der Waals surface area contributed by atoms with E-state index in [-0.39, 0.29) is 24.5 Å². The van der Waals surface area contributed by atoms with Crippen LogP contribution in [0.5, 0.6) is 0 Å². The van der Waals surface area contributed by atoms with Gasteiger partial charge in [-0.2, -0.15) is 0 Å². The molecular weight excluding hydrogens is 310 g/mol. The number of aryl methyl sites for hydroxylation is 2. The van der Waals surface area contributed by atoms with Crippen molar-refractivity contribution in [1.82, 2.24) is 5.32 Å². The zero-order chi connectivity index (χ0) is 16.8. The normalized spacial score (nSPS) is 10.4. The molecule has 1 amide bonds. The maximum atomic E-state index is 12.2. The van der Waals surface area contributed by atoms with E-state index in [4.69, 9.17) is 11.6 Å². The summed E-state index contributed by atoms with van der Waals surface area (Å²) in [5.74, 6) is -0.132. The number of hydrogen-bond acceptors (Lipinski definition) is 2. The van der Waals surface area contributed by atoms with Crippen LogP contribution in [0.3, 0.4) is 0 Å². The van der Waals surface area contributed by atoms with Crippen molar-refractivity contribution in [1.29, 1.82) is 0 Å². The van der Waals surface area contributed by atoms with Crippen LogP contribution < -0.4 is 5.32 Å². The maximum absolute atomic E-state index is 12.2. The summed E-state index contributed by atoms with van der Waals surface area (Å²) >= 11 is 5.90. The van der Waals surface area contributed by atoms with E-state index in [0.29, 0.717) is 17.1 Å². The molecule has 23 heavy (non-hydrogen) atoms. The summed E-state index contributed by atoms with van der Waals surface area (Å²) in [6.45, 7) is 4.27. The van der Waals surface area contributed by atoms with E-state index < -0.39 is 0 Å². The number of Topliss-reactive ketones (excluding diaryl/α,β-unsaturated/α-hetero) is 1. The molecular formula is C19H20ClNO2. The molecule has 2 aromatic rings. The summed E-state index contributed by atoms with van der Waals surface area (Å²) in [4.78, 5) is 24.1. The monoisotopic (exact) mass is 329 g/mol. The summed E-state index contributed by atoms with van der Waals surface area (Å²) in [7, 11) is 0. The highest BCUT2D eigenvalue weighted by Crippen LogP contribution is 2.14. The van der Waals surface area contributed by atoms with Crippen molar-refractivity contribution in [2.24, 2.45) is 0 Å². The van der Waals surface area contributed by atoms with Crippen molar-refractivity contribution in [2.45, 2.75) is 33.2 Å². The summed E-state index contributed by atoms with van der Waals surface area (Å²) in [5.41, 5.74) is 3.63. The van der Waals surface area contributed by atoms with Crippen LogP contribution in [0.2, 0.25) is 5.02 Å². The lowest BCUT2D eigenvalue weighted by molar-refractivity contribution is -0.121. The Morgan fingerprint density at radius 3 is 2.57 bits per heavy atom. The molecule has 0 saturated carbocycles. The molecule has 0 aliphatic carbocycles. The quantitative estimate of drug-likeness (QED) is 0.806. The largest absolute Gasteiger partial charge is 0.352 e. The van der Waals surface area contributed by atoms with Gasteiger partial charge in [-0.05, 0) is 43.2 Å². The molecule has 0 atom stereocenters. The van der Waals surface area contributed by atoms with Gasteiger partial charge >= 0.3 is 0 Å². The van der Waals surface area contributed by atoms with Crippen molar-refractivity contribution in [2.75, 3.05) is 0 Å². The minimum Gasteiger partial charge on any atom is -0.352 e. The summed E-state index contributed by atoms with van der Waals surface area (Å²) in [6, 6.07) is 13.1. The van der Waals surface area contributed by atoms with E-state index in [0.717, 1.165) is 16.7 Å². The van der Waals surface area contributed by atoms with E-state index in [1.165, 1.54) is 0 Å². The number of nitrogens with one attached hydrogen (secondary N) is 1. The molecule has 0 fully saturated rings. The fraction of sp³-hybridized carbons (Fsp3) is 0.263. The number of ketones is 1. The molecule has 0 radical (unpaired) electrons. The molecule has 0 heterocycles. The molecule has 1 N–H and O–H groups in total. The van der Waals surface area contributed by atoms with Gasteiger partial charge in [0.05, 0.1) is 0 Å². The van der Waals surface area contributed by atoms with Crippen LogP contribution in [-0.2, 0) is 11.3 Å². The Morgan fingerprint density at radius 1 is 1.04 bits per heavy atom. The van der Waals surface area contributed by atoms with Crippen molar-refractivity contribution in [3.8, 4) is 0 Å². The number of rotatable bonds is 6. The van der Waals surface area contributed by atoms with E-state index in [1.807, 2.05) is 50.2 Å². The van der Waals surface area contributed by atoms with Crippen LogP contribution >= 0.6 is 11.6 Å². The van der Waals surface area contributed by atoms with Crippen LogP contribution in [0.4, 0.5) is 0 Å². The van der Waals surface area contributed by atoms with Crippen molar-refractivity contribution in [3.63, 3.8) is 0 Å². The Morgan fingerprint density at radius 2 is 1.83 bits per heavy atom. The first kappa shape index (κ1) is 17.2. The first-order valence-electron chi connectivity index (χ1n) is 7.57. The second kappa shape index (κ2) is 7.93. The summed E-state index contributed by atoms with van der Waals surface area (Å²) < 4.78 is 0. The Labute approximate surface area is 141 Å². The Hall–Kier alpha value is -2.13. The van der Waals surface area contributed by atoms with E-state index in [2.05, 4.69) is 5.32 Å². The van der Waals surface area contributed by atoms with Gasteiger partial charge in [-0.15, -0.1) is 0 Å². The van der Waals surface area contributed by atoms with Crippen LogP contribution in [0, 0.1) is 13.8 Å². The number of halogens is 1. The zero-order valence-electron chi connectivity index (χ0n) is 13.4. The van der Waals surface area contributed by atoms with Crippen LogP contribution in [0.1, 0.15) is 39.9 Å². The highest BCUT2D eigenvalue weighted by atomic mass is 35.5. The van der Waals surface area contributed by atoms with Gasteiger partial charge in [0.2, 0.25) is 5.91 Å². The molecule has 0 aromatic heterocycles. The van der Waals surface area contributed by atoms with E-state index in [1.54, 1.807) is 6.07 Å². The van der Waals surface area contributed by atoms with Crippen LogP contribution in [0.25, 0.3) is 0 Å². The van der Waals surface area contributed by atoms with Crippen LogP contribution in [-0.4, -0.2) is 11.7 Å². The number of benzene rings is 2. The van der Waals surface area contributed by atoms with Gasteiger partial charge in [-0.25, -0.2) is 0 Å². The molecule has 0 spiro atoms. The van der Waals surface area contributed by atoms with Crippen molar-refractivity contribution < 1.29 is 9.59 Å². The molecule has 0 unspecified atom stereocenters. The fourth-order valence-electron chi connectivity index (χ4n) is 2.33. The van der Waals surface area contributed by atoms with E-state index in [9.17, 15) is 9.59 Å². The lowest BCUT2D eigenvalue weighted by Gasteiger charge is -2.07. The highest BCUT2D eigenvalue weighted by molar-refractivity contribution is 6.30. The third-order valence-corrected chi connectivity index (χ3v) is 3.89. The van der Waals surface area contributed by atoms with Gasteiger partial charge in [0.1, 0.15) is 0 Å². The second-order valence-corrected chi connectivity index (χ2v) is 6.08. The lowest BCUT2D eigenvalue weighted by Crippen LogP contribution is -2.23. The topological polar surface area (TPSA) is 46.2 Å². The SMILES string of the molecule is Cc1ccc(C)c(C(=O)CCC(=O)NCc2cccc(Cl)c2)c1. The molecule has 4 heteroatoms. The minimum atomic E-state index is -0.136. The van der Waals surface area contributed by atoms with Crippen molar-refractivity contribution >= 4 is 23.3 Å². The van der Waals surface area contributed by atoms with Gasteiger partial charge in [0.25, 0.3) is 0 Å². The van der Waals surface area contributed by atoms with Gasteiger partial charge in [-0.3, -0.25) is 9.59 Å². The summed E-state index contributed by atoms with van der Waals surface area (Å²) in [6.07, 6.45) is 0.401. The highest BCUT2D eigenvalue weighted by Gasteiger charge is 2.11. The molecule has 120 valence electrons. The number of hydrogen-bond donors (Lipinski definition) is 1. The first-order chi connectivity index (χ1) is 11.0. The average Bonchev–Trinajstić information content (AvgIpc) is 2.53. The average molecular weight is 330 g/mol. The third kappa shape index (κ3) is 5.22. The third-order valence-electron chi connectivity index (χ3n) is 3.65. The molecule has 0 saturated heterocycles. The molecule has 0 aliphatic rings. The van der Waals surface area contributed by atoms with Crippen molar-refractivity contribution in [3.05, 3.63) is 69.7 Å². The number of carbonyl (C=O) groups excluding carboxylic acids is 2. The molecule has 0 bridgehead atoms. The number of amides is 1. The van der Waals surface area contributed by atoms with Gasteiger partial charge in [-0.1, -0.05) is 41.4 Å². The number of carbonyl (C=O) groups is 2. The Kier molecular flexibility index (Phi) is 5.94. The van der Waals surface area contributed by atoms with Crippen LogP contribution in [0.15, 0.2) is 42.5 Å².